The predicted octanol–water partition coefficient (Wildman–Crippen LogP) is 3.19. The summed E-state index contributed by atoms with van der Waals surface area (Å²) in [4.78, 5) is 32.1. The van der Waals surface area contributed by atoms with Gasteiger partial charge in [0.15, 0.2) is 11.4 Å². The summed E-state index contributed by atoms with van der Waals surface area (Å²) in [5, 5.41) is 17.9. The molecule has 0 atom stereocenters. The van der Waals surface area contributed by atoms with Gasteiger partial charge in [0.2, 0.25) is 11.8 Å². The molecule has 1 aliphatic heterocycles. The fourth-order valence-corrected chi connectivity index (χ4v) is 4.21. The van der Waals surface area contributed by atoms with Crippen molar-refractivity contribution < 1.29 is 9.53 Å². The Morgan fingerprint density at radius 1 is 1.30 bits per heavy atom. The molecule has 0 unspecified atom stereocenters. The minimum atomic E-state index is -0.444. The number of carbonyl (C=O) groups excluding carboxylic acids is 1. The molecule has 2 aliphatic rings. The van der Waals surface area contributed by atoms with Gasteiger partial charge < -0.3 is 9.64 Å². The lowest BCUT2D eigenvalue weighted by molar-refractivity contribution is 0.0969. The van der Waals surface area contributed by atoms with Crippen LogP contribution >= 0.6 is 0 Å². The number of Topliss-reactive ketones (excluding diaryl/α,β-unsaturated/α-hetero) is 1. The molecule has 0 bridgehead atoms. The summed E-state index contributed by atoms with van der Waals surface area (Å²) in [7, 11) is 0. The van der Waals surface area contributed by atoms with Crippen LogP contribution in [0.5, 0.6) is 6.01 Å². The third-order valence-electron chi connectivity index (χ3n) is 6.44. The maximum Gasteiger partial charge on any atom is 0.321 e. The Morgan fingerprint density at radius 2 is 2.12 bits per heavy atom. The summed E-state index contributed by atoms with van der Waals surface area (Å²) >= 11 is 0. The third kappa shape index (κ3) is 4.35. The normalized spacial score (nSPS) is 17.6. The third-order valence-corrected chi connectivity index (χ3v) is 6.44. The van der Waals surface area contributed by atoms with Crippen LogP contribution in [0.25, 0.3) is 11.0 Å². The van der Waals surface area contributed by atoms with Gasteiger partial charge in [-0.3, -0.25) is 9.89 Å². The molecule has 10 nitrogen and oxygen atoms in total. The number of piperidine rings is 1. The van der Waals surface area contributed by atoms with Crippen LogP contribution in [0.15, 0.2) is 18.3 Å². The fourth-order valence-electron chi connectivity index (χ4n) is 4.21. The van der Waals surface area contributed by atoms with Crippen LogP contribution < -0.4 is 9.64 Å². The summed E-state index contributed by atoms with van der Waals surface area (Å²) < 4.78 is 5.77. The minimum absolute atomic E-state index is 0.119. The topological polar surface area (TPSA) is 134 Å². The van der Waals surface area contributed by atoms with Crippen molar-refractivity contribution in [1.29, 1.82) is 5.26 Å². The van der Waals surface area contributed by atoms with Crippen LogP contribution in [0.1, 0.15) is 67.7 Å². The van der Waals surface area contributed by atoms with E-state index in [2.05, 4.69) is 41.1 Å². The maximum absolute atomic E-state index is 12.5. The SMILES string of the molecule is CCCC(=O)c1nc(OCC2(C#N)CC2)nc(N2CCC(c3[nH]nc4ncccc34)CC2)n1. The number of aromatic amines is 1. The van der Waals surface area contributed by atoms with E-state index in [0.29, 0.717) is 24.7 Å². The maximum atomic E-state index is 12.5. The van der Waals surface area contributed by atoms with Crippen LogP contribution in [0, 0.1) is 16.7 Å². The quantitative estimate of drug-likeness (QED) is 0.518. The van der Waals surface area contributed by atoms with Crippen LogP contribution in [-0.4, -0.2) is 55.6 Å². The second kappa shape index (κ2) is 8.73. The van der Waals surface area contributed by atoms with Crippen molar-refractivity contribution in [3.8, 4) is 12.1 Å². The Hall–Kier alpha value is -3.61. The molecule has 0 radical (unpaired) electrons. The van der Waals surface area contributed by atoms with Gasteiger partial charge in [0, 0.05) is 42.7 Å². The second-order valence-electron chi connectivity index (χ2n) is 8.87. The van der Waals surface area contributed by atoms with E-state index in [9.17, 15) is 10.1 Å². The predicted molar refractivity (Wildman–Crippen MR) is 120 cm³/mol. The van der Waals surface area contributed by atoms with E-state index < -0.39 is 5.41 Å². The second-order valence-corrected chi connectivity index (χ2v) is 8.87. The van der Waals surface area contributed by atoms with Gasteiger partial charge >= 0.3 is 6.01 Å². The molecular formula is C23H26N8O2. The summed E-state index contributed by atoms with van der Waals surface area (Å²) in [6.45, 7) is 3.65. The van der Waals surface area contributed by atoms with Crippen molar-refractivity contribution in [2.45, 2.75) is 51.4 Å². The molecule has 5 rings (SSSR count). The highest BCUT2D eigenvalue weighted by atomic mass is 16.5. The Bertz CT molecular complexity index is 1200. The van der Waals surface area contributed by atoms with Gasteiger partial charge in [-0.25, -0.2) is 4.98 Å². The van der Waals surface area contributed by atoms with Gasteiger partial charge in [0.05, 0.1) is 11.5 Å². The molecular weight excluding hydrogens is 420 g/mol. The number of fused-ring (bicyclic) bond motifs is 1. The van der Waals surface area contributed by atoms with Crippen molar-refractivity contribution in [2.24, 2.45) is 5.41 Å². The number of H-pyrrole nitrogens is 1. The Morgan fingerprint density at radius 3 is 2.85 bits per heavy atom. The number of nitrogens with one attached hydrogen (secondary N) is 1. The number of nitriles is 1. The molecule has 4 heterocycles. The highest BCUT2D eigenvalue weighted by molar-refractivity contribution is 5.92. The lowest BCUT2D eigenvalue weighted by atomic mass is 9.92. The average molecular weight is 447 g/mol. The molecule has 1 saturated carbocycles. The first-order valence-corrected chi connectivity index (χ1v) is 11.5. The van der Waals surface area contributed by atoms with E-state index in [-0.39, 0.29) is 24.2 Å². The zero-order valence-corrected chi connectivity index (χ0v) is 18.6. The fraction of sp³-hybridized carbons (Fsp3) is 0.522. The number of rotatable bonds is 8. The number of nitrogens with zero attached hydrogens (tertiary/aromatic N) is 7. The van der Waals surface area contributed by atoms with Gasteiger partial charge in [-0.15, -0.1) is 0 Å². The molecule has 2 fully saturated rings. The van der Waals surface area contributed by atoms with Crippen molar-refractivity contribution >= 4 is 22.8 Å². The number of pyridine rings is 1. The minimum Gasteiger partial charge on any atom is -0.462 e. The number of aromatic nitrogens is 6. The van der Waals surface area contributed by atoms with E-state index in [0.717, 1.165) is 55.5 Å². The average Bonchev–Trinajstić information content (AvgIpc) is 3.52. The molecule has 0 aromatic carbocycles. The van der Waals surface area contributed by atoms with Crippen LogP contribution in [0.4, 0.5) is 5.95 Å². The standard InChI is InChI=1S/C23H26N8O2/c1-2-4-17(32)20-26-21(28-22(27-20)33-14-23(13-24)8-9-23)31-11-6-15(7-12-31)18-16-5-3-10-25-19(16)30-29-18/h3,5,10,15H,2,4,6-9,11-12,14H2,1H3,(H,25,29,30). The van der Waals surface area contributed by atoms with Gasteiger partial charge in [-0.05, 0) is 44.2 Å². The number of ketones is 1. The molecule has 1 aliphatic carbocycles. The van der Waals surface area contributed by atoms with E-state index in [1.54, 1.807) is 6.20 Å². The van der Waals surface area contributed by atoms with Crippen molar-refractivity contribution in [1.82, 2.24) is 30.1 Å². The van der Waals surface area contributed by atoms with Crippen LogP contribution in [-0.2, 0) is 0 Å². The first-order chi connectivity index (χ1) is 16.1. The van der Waals surface area contributed by atoms with E-state index in [1.807, 2.05) is 19.1 Å². The summed E-state index contributed by atoms with van der Waals surface area (Å²) in [5.74, 6) is 0.792. The highest BCUT2D eigenvalue weighted by Gasteiger charge is 2.44. The number of carbonyl (C=O) groups is 1. The van der Waals surface area contributed by atoms with Crippen molar-refractivity contribution in [3.63, 3.8) is 0 Å². The summed E-state index contributed by atoms with van der Waals surface area (Å²) in [5.41, 5.74) is 1.40. The molecule has 170 valence electrons. The number of anilines is 1. The molecule has 10 heteroatoms. The first-order valence-electron chi connectivity index (χ1n) is 11.5. The lowest BCUT2D eigenvalue weighted by Gasteiger charge is -2.31. The van der Waals surface area contributed by atoms with Gasteiger partial charge in [0.25, 0.3) is 0 Å². The Balaban J connectivity index is 1.33. The van der Waals surface area contributed by atoms with Gasteiger partial charge in [0.1, 0.15) is 6.61 Å². The summed E-state index contributed by atoms with van der Waals surface area (Å²) in [6, 6.07) is 6.39. The molecule has 1 N–H and O–H groups in total. The number of ether oxygens (including phenoxy) is 1. The van der Waals surface area contributed by atoms with Gasteiger partial charge in [-0.1, -0.05) is 6.92 Å². The van der Waals surface area contributed by atoms with Crippen LogP contribution in [0.3, 0.4) is 0 Å². The van der Waals surface area contributed by atoms with Crippen molar-refractivity contribution in [2.75, 3.05) is 24.6 Å². The van der Waals surface area contributed by atoms with E-state index in [4.69, 9.17) is 4.74 Å². The molecule has 0 amide bonds. The molecule has 3 aromatic heterocycles. The van der Waals surface area contributed by atoms with E-state index >= 15 is 0 Å². The first kappa shape index (κ1) is 21.2. The Kier molecular flexibility index (Phi) is 5.62. The number of hydrogen-bond acceptors (Lipinski definition) is 9. The molecule has 0 spiro atoms. The number of hydrogen-bond donors (Lipinski definition) is 1. The van der Waals surface area contributed by atoms with Crippen molar-refractivity contribution in [3.05, 3.63) is 29.8 Å². The molecule has 1 saturated heterocycles. The molecule has 3 aromatic rings. The monoisotopic (exact) mass is 446 g/mol. The zero-order valence-electron chi connectivity index (χ0n) is 18.6. The lowest BCUT2D eigenvalue weighted by Crippen LogP contribution is -2.35. The van der Waals surface area contributed by atoms with E-state index in [1.165, 1.54) is 0 Å². The smallest absolute Gasteiger partial charge is 0.321 e. The largest absolute Gasteiger partial charge is 0.462 e. The van der Waals surface area contributed by atoms with Crippen LogP contribution in [0.2, 0.25) is 0 Å². The van der Waals surface area contributed by atoms with Gasteiger partial charge in [-0.2, -0.15) is 25.3 Å². The molecule has 33 heavy (non-hydrogen) atoms. The Labute approximate surface area is 191 Å². The summed E-state index contributed by atoms with van der Waals surface area (Å²) in [6.07, 6.45) is 6.24. The zero-order chi connectivity index (χ0) is 22.8. The highest BCUT2D eigenvalue weighted by Crippen LogP contribution is 2.45.